The molecule has 1 aromatic heterocycles. The maximum atomic E-state index is 9.02. The number of aliphatic hydroxyl groups is 1. The van der Waals surface area contributed by atoms with Crippen LogP contribution in [-0.4, -0.2) is 16.2 Å². The van der Waals surface area contributed by atoms with E-state index in [9.17, 15) is 0 Å². The summed E-state index contributed by atoms with van der Waals surface area (Å²) in [5.74, 6) is 1.05. The Balaban J connectivity index is 2.65. The number of hydrogen-bond donors (Lipinski definition) is 2. The smallest absolute Gasteiger partial charge is 0.256 e. The summed E-state index contributed by atoms with van der Waals surface area (Å²) in [5, 5.41) is 9.02. The molecular formula is C7H13N2O+. The van der Waals surface area contributed by atoms with Gasteiger partial charge in [-0.15, -0.1) is 0 Å². The second-order valence-electron chi connectivity index (χ2n) is 2.57. The van der Waals surface area contributed by atoms with E-state index in [0.717, 1.165) is 5.82 Å². The Morgan fingerprint density at radius 3 is 2.90 bits per heavy atom. The van der Waals surface area contributed by atoms with Crippen LogP contribution in [0.1, 0.15) is 12.7 Å². The fraction of sp³-hybridized carbons (Fsp3) is 0.571. The van der Waals surface area contributed by atoms with Gasteiger partial charge in [0.2, 0.25) is 0 Å². The fourth-order valence-electron chi connectivity index (χ4n) is 0.920. The van der Waals surface area contributed by atoms with Crippen molar-refractivity contribution in [3.63, 3.8) is 0 Å². The second-order valence-corrected chi connectivity index (χ2v) is 2.57. The third-order valence-corrected chi connectivity index (χ3v) is 1.46. The summed E-state index contributed by atoms with van der Waals surface area (Å²) < 4.78 is 1.96. The maximum Gasteiger partial charge on any atom is 0.256 e. The van der Waals surface area contributed by atoms with Crippen molar-refractivity contribution in [2.45, 2.75) is 19.4 Å². The van der Waals surface area contributed by atoms with Crippen molar-refractivity contribution in [1.82, 2.24) is 4.98 Å². The normalized spacial score (nSPS) is 13.5. The van der Waals surface area contributed by atoms with Crippen molar-refractivity contribution >= 4 is 0 Å². The van der Waals surface area contributed by atoms with E-state index >= 15 is 0 Å². The fourth-order valence-corrected chi connectivity index (χ4v) is 0.920. The van der Waals surface area contributed by atoms with Crippen LogP contribution in [0.4, 0.5) is 0 Å². The predicted molar refractivity (Wildman–Crippen MR) is 37.4 cm³/mol. The van der Waals surface area contributed by atoms with Crippen molar-refractivity contribution in [2.75, 3.05) is 0 Å². The van der Waals surface area contributed by atoms with Gasteiger partial charge in [-0.05, 0) is 6.92 Å². The number of nitrogens with zero attached hydrogens (tertiary/aromatic N) is 1. The number of aromatic nitrogens is 2. The van der Waals surface area contributed by atoms with E-state index in [2.05, 4.69) is 4.98 Å². The van der Waals surface area contributed by atoms with Gasteiger partial charge >= 0.3 is 0 Å². The van der Waals surface area contributed by atoms with E-state index in [-0.39, 0.29) is 6.10 Å². The van der Waals surface area contributed by atoms with Gasteiger partial charge in [0.25, 0.3) is 5.82 Å². The van der Waals surface area contributed by atoms with Gasteiger partial charge in [0, 0.05) is 0 Å². The van der Waals surface area contributed by atoms with Crippen LogP contribution in [-0.2, 0) is 13.5 Å². The Hall–Kier alpha value is -0.830. The summed E-state index contributed by atoms with van der Waals surface area (Å²) in [4.78, 5) is 3.04. The highest BCUT2D eigenvalue weighted by Gasteiger charge is 2.08. The molecule has 0 saturated carbocycles. The molecule has 0 fully saturated rings. The molecule has 3 heteroatoms. The van der Waals surface area contributed by atoms with Crippen LogP contribution in [0, 0.1) is 0 Å². The quantitative estimate of drug-likeness (QED) is 0.548. The van der Waals surface area contributed by atoms with E-state index in [0.29, 0.717) is 6.42 Å². The minimum absolute atomic E-state index is 0.273. The molecule has 0 radical (unpaired) electrons. The van der Waals surface area contributed by atoms with E-state index < -0.39 is 0 Å². The third kappa shape index (κ3) is 1.57. The molecule has 56 valence electrons. The zero-order valence-corrected chi connectivity index (χ0v) is 6.33. The first-order valence-electron chi connectivity index (χ1n) is 3.40. The average molecular weight is 141 g/mol. The van der Waals surface area contributed by atoms with Crippen LogP contribution < -0.4 is 4.57 Å². The van der Waals surface area contributed by atoms with Crippen LogP contribution in [0.25, 0.3) is 0 Å². The molecule has 10 heavy (non-hydrogen) atoms. The Kier molecular flexibility index (Phi) is 2.06. The summed E-state index contributed by atoms with van der Waals surface area (Å²) in [7, 11) is 1.95. The Morgan fingerprint density at radius 1 is 1.80 bits per heavy atom. The molecular weight excluding hydrogens is 128 g/mol. The molecule has 0 saturated heterocycles. The summed E-state index contributed by atoms with van der Waals surface area (Å²) in [6.45, 7) is 1.78. The minimum Gasteiger partial charge on any atom is -0.393 e. The highest BCUT2D eigenvalue weighted by atomic mass is 16.3. The average Bonchev–Trinajstić information content (AvgIpc) is 2.15. The zero-order valence-electron chi connectivity index (χ0n) is 6.33. The molecule has 1 atom stereocenters. The van der Waals surface area contributed by atoms with Gasteiger partial charge in [-0.1, -0.05) is 0 Å². The predicted octanol–water partition coefficient (Wildman–Crippen LogP) is -0.238. The Bertz CT molecular complexity index is 205. The van der Waals surface area contributed by atoms with Gasteiger partial charge < -0.3 is 5.11 Å². The van der Waals surface area contributed by atoms with Crippen LogP contribution in [0.15, 0.2) is 12.4 Å². The van der Waals surface area contributed by atoms with E-state index in [4.69, 9.17) is 5.11 Å². The number of imidazole rings is 1. The highest BCUT2D eigenvalue weighted by Crippen LogP contribution is 1.91. The molecule has 0 amide bonds. The molecule has 0 bridgehead atoms. The van der Waals surface area contributed by atoms with E-state index in [1.165, 1.54) is 0 Å². The summed E-state index contributed by atoms with van der Waals surface area (Å²) in [6.07, 6.45) is 4.20. The van der Waals surface area contributed by atoms with Crippen molar-refractivity contribution in [3.05, 3.63) is 18.2 Å². The van der Waals surface area contributed by atoms with E-state index in [1.807, 2.05) is 24.0 Å². The number of aryl methyl sites for hydroxylation is 1. The standard InChI is InChI=1S/C7H12N2O/c1-6(10)5-7-8-3-4-9(7)2/h3-4,6,10H,5H2,1-2H3/p+1. The number of aliphatic hydroxyl groups excluding tert-OH is 1. The number of nitrogens with one attached hydrogen (secondary N) is 1. The SMILES string of the molecule is CC(O)Cc1[nH]cc[n+]1C. The molecule has 3 nitrogen and oxygen atoms in total. The van der Waals surface area contributed by atoms with Gasteiger partial charge in [-0.2, -0.15) is 0 Å². The molecule has 0 aromatic carbocycles. The van der Waals surface area contributed by atoms with Gasteiger partial charge in [0.1, 0.15) is 12.4 Å². The van der Waals surface area contributed by atoms with E-state index in [1.54, 1.807) is 6.92 Å². The van der Waals surface area contributed by atoms with Gasteiger partial charge in [0.15, 0.2) is 0 Å². The van der Waals surface area contributed by atoms with Crippen molar-refractivity contribution in [3.8, 4) is 0 Å². The first kappa shape index (κ1) is 7.28. The second kappa shape index (κ2) is 2.84. The maximum absolute atomic E-state index is 9.02. The van der Waals surface area contributed by atoms with Crippen LogP contribution in [0.3, 0.4) is 0 Å². The molecule has 0 aliphatic rings. The van der Waals surface area contributed by atoms with Crippen molar-refractivity contribution < 1.29 is 9.67 Å². The largest absolute Gasteiger partial charge is 0.393 e. The lowest BCUT2D eigenvalue weighted by molar-refractivity contribution is -0.678. The summed E-state index contributed by atoms with van der Waals surface area (Å²) >= 11 is 0. The van der Waals surface area contributed by atoms with Crippen molar-refractivity contribution in [2.24, 2.45) is 7.05 Å². The summed E-state index contributed by atoms with van der Waals surface area (Å²) in [5.41, 5.74) is 0. The molecule has 0 aliphatic heterocycles. The number of rotatable bonds is 2. The molecule has 1 rings (SSSR count). The van der Waals surface area contributed by atoms with Crippen LogP contribution in [0.5, 0.6) is 0 Å². The molecule has 1 aromatic rings. The van der Waals surface area contributed by atoms with Crippen LogP contribution >= 0.6 is 0 Å². The lowest BCUT2D eigenvalue weighted by Gasteiger charge is -1.97. The van der Waals surface area contributed by atoms with Gasteiger partial charge in [0.05, 0.1) is 19.6 Å². The van der Waals surface area contributed by atoms with Gasteiger partial charge in [-0.3, -0.25) is 0 Å². The lowest BCUT2D eigenvalue weighted by atomic mass is 10.3. The zero-order chi connectivity index (χ0) is 7.56. The first-order valence-corrected chi connectivity index (χ1v) is 3.40. The molecule has 0 aliphatic carbocycles. The Morgan fingerprint density at radius 2 is 2.50 bits per heavy atom. The number of hydrogen-bond acceptors (Lipinski definition) is 1. The number of aromatic amines is 1. The molecule has 1 unspecified atom stereocenters. The third-order valence-electron chi connectivity index (χ3n) is 1.46. The monoisotopic (exact) mass is 141 g/mol. The minimum atomic E-state index is -0.273. The lowest BCUT2D eigenvalue weighted by Crippen LogP contribution is -2.32. The van der Waals surface area contributed by atoms with Crippen LogP contribution in [0.2, 0.25) is 0 Å². The first-order chi connectivity index (χ1) is 4.70. The van der Waals surface area contributed by atoms with Gasteiger partial charge in [-0.25, -0.2) is 9.55 Å². The van der Waals surface area contributed by atoms with Crippen molar-refractivity contribution in [1.29, 1.82) is 0 Å². The summed E-state index contributed by atoms with van der Waals surface area (Å²) in [6, 6.07) is 0. The number of H-pyrrole nitrogens is 1. The molecule has 1 heterocycles. The molecule has 2 N–H and O–H groups in total. The highest BCUT2D eigenvalue weighted by molar-refractivity contribution is 4.78. The molecule has 0 spiro atoms. The Labute approximate surface area is 60.3 Å². The topological polar surface area (TPSA) is 39.9 Å².